The molecule has 1 N–H and O–H groups in total. The summed E-state index contributed by atoms with van der Waals surface area (Å²) in [6.07, 6.45) is 7.07. The Morgan fingerprint density at radius 1 is 1.09 bits per heavy atom. The fourth-order valence-corrected chi connectivity index (χ4v) is 4.22. The lowest BCUT2D eigenvalue weighted by molar-refractivity contribution is 0.0905. The third-order valence-electron chi connectivity index (χ3n) is 4.47. The van der Waals surface area contributed by atoms with Gasteiger partial charge in [0.05, 0.1) is 0 Å². The Balaban J connectivity index is 1.98. The molecule has 0 radical (unpaired) electrons. The molecule has 0 spiro atoms. The zero-order chi connectivity index (χ0) is 7.47. The molecule has 0 amide bonds. The van der Waals surface area contributed by atoms with E-state index in [1.807, 2.05) is 0 Å². The summed E-state index contributed by atoms with van der Waals surface area (Å²) in [5, 5.41) is 9.37. The van der Waals surface area contributed by atoms with E-state index in [1.165, 1.54) is 32.1 Å². The minimum Gasteiger partial charge on any atom is -0.396 e. The topological polar surface area (TPSA) is 20.2 Å². The van der Waals surface area contributed by atoms with Crippen molar-refractivity contribution < 1.29 is 5.11 Å². The third-order valence-corrected chi connectivity index (χ3v) is 4.47. The van der Waals surface area contributed by atoms with Crippen molar-refractivity contribution in [1.29, 1.82) is 0 Å². The number of aliphatic hydroxyl groups excluding tert-OH is 1. The van der Waals surface area contributed by atoms with Crippen molar-refractivity contribution in [1.82, 2.24) is 0 Å². The highest BCUT2D eigenvalue weighted by molar-refractivity contribution is 5.06. The Hall–Kier alpha value is -0.0400. The van der Waals surface area contributed by atoms with Crippen LogP contribution >= 0.6 is 0 Å². The minimum atomic E-state index is 0.424. The van der Waals surface area contributed by atoms with Crippen LogP contribution in [0.2, 0.25) is 0 Å². The molecule has 2 atom stereocenters. The average Bonchev–Trinajstić information content (AvgIpc) is 2.37. The molecule has 4 fully saturated rings. The molecule has 0 aromatic heterocycles. The Bertz CT molecular complexity index is 173. The number of hydrogen-bond acceptors (Lipinski definition) is 1. The molecule has 0 saturated heterocycles. The van der Waals surface area contributed by atoms with Crippen LogP contribution in [0.15, 0.2) is 0 Å². The molecule has 4 aliphatic rings. The number of rotatable bonds is 1. The molecule has 4 aliphatic carbocycles. The van der Waals surface area contributed by atoms with E-state index in [2.05, 4.69) is 0 Å². The summed E-state index contributed by atoms with van der Waals surface area (Å²) in [5.41, 5.74) is 0.424. The van der Waals surface area contributed by atoms with Crippen LogP contribution in [0.5, 0.6) is 0 Å². The summed E-state index contributed by atoms with van der Waals surface area (Å²) in [7, 11) is 0. The second-order valence-corrected chi connectivity index (χ2v) is 5.06. The summed E-state index contributed by atoms with van der Waals surface area (Å²) in [6, 6.07) is 0. The molecule has 4 rings (SSSR count). The van der Waals surface area contributed by atoms with E-state index in [0.717, 1.165) is 17.8 Å². The lowest BCUT2D eigenvalue weighted by Crippen LogP contribution is -2.26. The van der Waals surface area contributed by atoms with Crippen LogP contribution in [0.4, 0.5) is 0 Å². The van der Waals surface area contributed by atoms with E-state index in [0.29, 0.717) is 12.0 Å². The standard InChI is InChI=1S/C10H16O/c11-6-10-4-7-1-8(5-10)3-9(10)2-7/h7-9,11H,1-6H2/t7-,8-,9?,10?/m0/s1. The van der Waals surface area contributed by atoms with Gasteiger partial charge in [0.1, 0.15) is 0 Å². The van der Waals surface area contributed by atoms with Gasteiger partial charge in [-0.2, -0.15) is 0 Å². The second kappa shape index (κ2) is 1.82. The number of hydrogen-bond donors (Lipinski definition) is 1. The van der Waals surface area contributed by atoms with E-state index in [-0.39, 0.29) is 0 Å². The lowest BCUT2D eigenvalue weighted by Gasteiger charge is -2.30. The Kier molecular flexibility index (Phi) is 1.07. The van der Waals surface area contributed by atoms with E-state index in [4.69, 9.17) is 0 Å². The first-order chi connectivity index (χ1) is 5.32. The Morgan fingerprint density at radius 3 is 2.18 bits per heavy atom. The maximum absolute atomic E-state index is 9.37. The smallest absolute Gasteiger partial charge is 0.0490 e. The summed E-state index contributed by atoms with van der Waals surface area (Å²) >= 11 is 0. The van der Waals surface area contributed by atoms with Gasteiger partial charge in [-0.25, -0.2) is 0 Å². The lowest BCUT2D eigenvalue weighted by atomic mass is 9.76. The van der Waals surface area contributed by atoms with Gasteiger partial charge in [0.2, 0.25) is 0 Å². The van der Waals surface area contributed by atoms with Crippen molar-refractivity contribution in [2.24, 2.45) is 23.2 Å². The molecule has 1 nitrogen and oxygen atoms in total. The predicted molar refractivity (Wildman–Crippen MR) is 43.1 cm³/mol. The van der Waals surface area contributed by atoms with Gasteiger partial charge in [-0.05, 0) is 55.3 Å². The minimum absolute atomic E-state index is 0.424. The summed E-state index contributed by atoms with van der Waals surface area (Å²) in [5.74, 6) is 2.91. The fraction of sp³-hybridized carbons (Fsp3) is 1.00. The Labute approximate surface area is 67.8 Å². The van der Waals surface area contributed by atoms with Crippen LogP contribution < -0.4 is 0 Å². The first kappa shape index (κ1) is 6.47. The SMILES string of the molecule is OCC12C[C@@H]3CC1C[C@H](C3)C2. The maximum Gasteiger partial charge on any atom is 0.0490 e. The van der Waals surface area contributed by atoms with E-state index in [9.17, 15) is 5.11 Å². The van der Waals surface area contributed by atoms with Gasteiger partial charge >= 0.3 is 0 Å². The first-order valence-electron chi connectivity index (χ1n) is 4.93. The average molecular weight is 152 g/mol. The van der Waals surface area contributed by atoms with E-state index < -0.39 is 0 Å². The van der Waals surface area contributed by atoms with E-state index in [1.54, 1.807) is 0 Å². The second-order valence-electron chi connectivity index (χ2n) is 5.06. The van der Waals surface area contributed by atoms with Gasteiger partial charge in [0.15, 0.2) is 0 Å². The van der Waals surface area contributed by atoms with Crippen molar-refractivity contribution in [2.75, 3.05) is 6.61 Å². The highest BCUT2D eigenvalue weighted by Crippen LogP contribution is 2.64. The molecule has 0 aromatic rings. The largest absolute Gasteiger partial charge is 0.396 e. The first-order valence-corrected chi connectivity index (χ1v) is 4.93. The van der Waals surface area contributed by atoms with Crippen LogP contribution in [-0.4, -0.2) is 11.7 Å². The van der Waals surface area contributed by atoms with Gasteiger partial charge in [-0.1, -0.05) is 0 Å². The zero-order valence-electron chi connectivity index (χ0n) is 6.92. The van der Waals surface area contributed by atoms with Crippen LogP contribution in [0.3, 0.4) is 0 Å². The van der Waals surface area contributed by atoms with Gasteiger partial charge in [0, 0.05) is 6.61 Å². The van der Waals surface area contributed by atoms with Crippen molar-refractivity contribution >= 4 is 0 Å². The molecule has 0 aliphatic heterocycles. The van der Waals surface area contributed by atoms with Gasteiger partial charge < -0.3 is 5.11 Å². The molecule has 1 heteroatoms. The normalized spacial score (nSPS) is 59.2. The van der Waals surface area contributed by atoms with Crippen molar-refractivity contribution in [2.45, 2.75) is 32.1 Å². The van der Waals surface area contributed by atoms with E-state index >= 15 is 0 Å². The molecule has 4 bridgehead atoms. The molecular formula is C10H16O. The van der Waals surface area contributed by atoms with Crippen molar-refractivity contribution in [3.63, 3.8) is 0 Å². The molecule has 11 heavy (non-hydrogen) atoms. The molecule has 0 unspecified atom stereocenters. The molecule has 4 saturated carbocycles. The van der Waals surface area contributed by atoms with Gasteiger partial charge in [-0.15, -0.1) is 0 Å². The molecular weight excluding hydrogens is 136 g/mol. The number of aliphatic hydroxyl groups is 1. The van der Waals surface area contributed by atoms with Gasteiger partial charge in [-0.3, -0.25) is 0 Å². The van der Waals surface area contributed by atoms with Crippen LogP contribution in [0.25, 0.3) is 0 Å². The monoisotopic (exact) mass is 152 g/mol. The van der Waals surface area contributed by atoms with Crippen LogP contribution in [-0.2, 0) is 0 Å². The fourth-order valence-electron chi connectivity index (χ4n) is 4.22. The highest BCUT2D eigenvalue weighted by Gasteiger charge is 2.57. The molecule has 0 aromatic carbocycles. The summed E-state index contributed by atoms with van der Waals surface area (Å²) in [4.78, 5) is 0. The summed E-state index contributed by atoms with van der Waals surface area (Å²) in [6.45, 7) is 0.477. The quantitative estimate of drug-likeness (QED) is 0.607. The van der Waals surface area contributed by atoms with Crippen molar-refractivity contribution in [3.05, 3.63) is 0 Å². The van der Waals surface area contributed by atoms with Crippen molar-refractivity contribution in [3.8, 4) is 0 Å². The van der Waals surface area contributed by atoms with Crippen LogP contribution in [0, 0.1) is 23.2 Å². The van der Waals surface area contributed by atoms with Crippen LogP contribution in [0.1, 0.15) is 32.1 Å². The zero-order valence-corrected chi connectivity index (χ0v) is 6.92. The molecule has 62 valence electrons. The highest BCUT2D eigenvalue weighted by atomic mass is 16.3. The van der Waals surface area contributed by atoms with Gasteiger partial charge in [0.25, 0.3) is 0 Å². The Morgan fingerprint density at radius 2 is 1.73 bits per heavy atom. The third kappa shape index (κ3) is 0.658. The summed E-state index contributed by atoms with van der Waals surface area (Å²) < 4.78 is 0. The maximum atomic E-state index is 9.37. The predicted octanol–water partition coefficient (Wildman–Crippen LogP) is 1.80. The molecule has 0 heterocycles.